The number of carbonyl (C=O) groups excluding carboxylic acids is 1. The highest BCUT2D eigenvalue weighted by molar-refractivity contribution is 5.93. The fraction of sp³-hybridized carbons (Fsp3) is 0.600. The van der Waals surface area contributed by atoms with E-state index in [1.807, 2.05) is 0 Å². The summed E-state index contributed by atoms with van der Waals surface area (Å²) < 4.78 is 1.38. The molecule has 5 nitrogen and oxygen atoms in total. The lowest BCUT2D eigenvalue weighted by Crippen LogP contribution is -2.38. The van der Waals surface area contributed by atoms with Gasteiger partial charge >= 0.3 is 0 Å². The quantitative estimate of drug-likeness (QED) is 0.791. The maximum absolute atomic E-state index is 12.1. The van der Waals surface area contributed by atoms with E-state index in [1.54, 1.807) is 7.05 Å². The summed E-state index contributed by atoms with van der Waals surface area (Å²) in [5.74, 6) is -0.190. The van der Waals surface area contributed by atoms with Gasteiger partial charge in [0.2, 0.25) is 5.56 Å². The molecular weight excluding hydrogens is 256 g/mol. The number of carbonyl (C=O) groups is 1. The fourth-order valence-electron chi connectivity index (χ4n) is 2.28. The number of hydrogen-bond donors (Lipinski definition) is 2. The molecule has 0 unspecified atom stereocenters. The van der Waals surface area contributed by atoms with Gasteiger partial charge in [0, 0.05) is 32.5 Å². The van der Waals surface area contributed by atoms with Crippen molar-refractivity contribution in [1.82, 2.24) is 9.88 Å². The third kappa shape index (κ3) is 3.93. The summed E-state index contributed by atoms with van der Waals surface area (Å²) in [5, 5.41) is 12.1. The van der Waals surface area contributed by atoms with Crippen LogP contribution in [0.4, 0.5) is 0 Å². The number of aromatic nitrogens is 1. The van der Waals surface area contributed by atoms with Gasteiger partial charge < -0.3 is 15.0 Å². The maximum Gasteiger partial charge on any atom is 0.252 e. The average Bonchev–Trinajstić information content (AvgIpc) is 2.46. The first kappa shape index (κ1) is 16.4. The van der Waals surface area contributed by atoms with Crippen molar-refractivity contribution in [3.05, 3.63) is 34.2 Å². The number of aliphatic hydroxyl groups excluding tert-OH is 1. The molecule has 5 heteroatoms. The van der Waals surface area contributed by atoms with Crippen molar-refractivity contribution >= 4 is 5.91 Å². The van der Waals surface area contributed by atoms with Crippen LogP contribution in [-0.2, 0) is 7.05 Å². The predicted octanol–water partition coefficient (Wildman–Crippen LogP) is 1.30. The fourth-order valence-corrected chi connectivity index (χ4v) is 2.28. The van der Waals surface area contributed by atoms with Crippen LogP contribution < -0.4 is 10.9 Å². The van der Waals surface area contributed by atoms with Crippen LogP contribution in [0.2, 0.25) is 0 Å². The van der Waals surface area contributed by atoms with Gasteiger partial charge in [0.25, 0.3) is 5.91 Å². The second kappa shape index (κ2) is 7.24. The molecule has 0 aliphatic rings. The number of amides is 1. The second-order valence-corrected chi connectivity index (χ2v) is 5.23. The lowest BCUT2D eigenvalue weighted by Gasteiger charge is -2.31. The molecule has 1 heterocycles. The SMILES string of the molecule is CCC(CC)(CCO)CNC(=O)c1ccc(=O)n(C)c1. The van der Waals surface area contributed by atoms with Gasteiger partial charge in [-0.05, 0) is 30.7 Å². The largest absolute Gasteiger partial charge is 0.396 e. The van der Waals surface area contributed by atoms with Crippen molar-refractivity contribution in [3.63, 3.8) is 0 Å². The molecule has 0 aliphatic heterocycles. The Balaban J connectivity index is 2.74. The highest BCUT2D eigenvalue weighted by Crippen LogP contribution is 2.29. The van der Waals surface area contributed by atoms with E-state index in [0.717, 1.165) is 12.8 Å². The molecule has 0 atom stereocenters. The lowest BCUT2D eigenvalue weighted by molar-refractivity contribution is 0.0906. The summed E-state index contributed by atoms with van der Waals surface area (Å²) in [6.45, 7) is 4.79. The molecule has 1 rings (SSSR count). The summed E-state index contributed by atoms with van der Waals surface area (Å²) in [4.78, 5) is 23.4. The topological polar surface area (TPSA) is 71.3 Å². The normalized spacial score (nSPS) is 11.4. The molecule has 0 saturated carbocycles. The Hall–Kier alpha value is -1.62. The molecule has 1 aromatic rings. The molecule has 0 saturated heterocycles. The number of nitrogens with zero attached hydrogens (tertiary/aromatic N) is 1. The molecule has 0 aromatic carbocycles. The van der Waals surface area contributed by atoms with Crippen molar-refractivity contribution in [1.29, 1.82) is 0 Å². The van der Waals surface area contributed by atoms with Crippen LogP contribution in [-0.4, -0.2) is 28.7 Å². The van der Waals surface area contributed by atoms with Gasteiger partial charge in [-0.2, -0.15) is 0 Å². The van der Waals surface area contributed by atoms with Crippen molar-refractivity contribution < 1.29 is 9.90 Å². The molecule has 0 radical (unpaired) electrons. The third-order valence-electron chi connectivity index (χ3n) is 4.11. The molecule has 0 fully saturated rings. The minimum Gasteiger partial charge on any atom is -0.396 e. The van der Waals surface area contributed by atoms with Crippen molar-refractivity contribution in [2.75, 3.05) is 13.2 Å². The molecular formula is C15H24N2O3. The summed E-state index contributed by atoms with van der Waals surface area (Å²) in [6, 6.07) is 2.92. The van der Waals surface area contributed by atoms with E-state index in [4.69, 9.17) is 5.11 Å². The van der Waals surface area contributed by atoms with Gasteiger partial charge in [-0.15, -0.1) is 0 Å². The Kier molecular flexibility index (Phi) is 5.95. The molecule has 0 bridgehead atoms. The van der Waals surface area contributed by atoms with Crippen LogP contribution in [0.1, 0.15) is 43.5 Å². The first-order valence-corrected chi connectivity index (χ1v) is 7.03. The first-order chi connectivity index (χ1) is 9.48. The smallest absolute Gasteiger partial charge is 0.252 e. The zero-order valence-corrected chi connectivity index (χ0v) is 12.5. The van der Waals surface area contributed by atoms with Crippen LogP contribution >= 0.6 is 0 Å². The van der Waals surface area contributed by atoms with E-state index in [-0.39, 0.29) is 23.5 Å². The van der Waals surface area contributed by atoms with E-state index in [9.17, 15) is 9.59 Å². The van der Waals surface area contributed by atoms with Crippen molar-refractivity contribution in [3.8, 4) is 0 Å². The van der Waals surface area contributed by atoms with Gasteiger partial charge in [-0.1, -0.05) is 13.8 Å². The Labute approximate surface area is 119 Å². The molecule has 112 valence electrons. The highest BCUT2D eigenvalue weighted by atomic mass is 16.3. The molecule has 1 amide bonds. The molecule has 1 aromatic heterocycles. The zero-order chi connectivity index (χ0) is 15.2. The Bertz CT molecular complexity index is 504. The van der Waals surface area contributed by atoms with E-state index in [2.05, 4.69) is 19.2 Å². The van der Waals surface area contributed by atoms with E-state index in [1.165, 1.54) is 22.9 Å². The number of hydrogen-bond acceptors (Lipinski definition) is 3. The first-order valence-electron chi connectivity index (χ1n) is 7.03. The van der Waals surface area contributed by atoms with Gasteiger partial charge in [0.15, 0.2) is 0 Å². The molecule has 20 heavy (non-hydrogen) atoms. The van der Waals surface area contributed by atoms with Crippen LogP contribution in [0.5, 0.6) is 0 Å². The highest BCUT2D eigenvalue weighted by Gasteiger charge is 2.26. The van der Waals surface area contributed by atoms with Crippen LogP contribution in [0, 0.1) is 5.41 Å². The van der Waals surface area contributed by atoms with E-state index >= 15 is 0 Å². The van der Waals surface area contributed by atoms with Crippen LogP contribution in [0.3, 0.4) is 0 Å². The number of aliphatic hydroxyl groups is 1. The zero-order valence-electron chi connectivity index (χ0n) is 12.5. The summed E-state index contributed by atoms with van der Waals surface area (Å²) >= 11 is 0. The van der Waals surface area contributed by atoms with Crippen molar-refractivity contribution in [2.24, 2.45) is 12.5 Å². The Morgan fingerprint density at radius 3 is 2.50 bits per heavy atom. The molecule has 2 N–H and O–H groups in total. The van der Waals surface area contributed by atoms with Crippen LogP contribution in [0.25, 0.3) is 0 Å². The second-order valence-electron chi connectivity index (χ2n) is 5.23. The van der Waals surface area contributed by atoms with E-state index < -0.39 is 0 Å². The minimum atomic E-state index is -0.190. The van der Waals surface area contributed by atoms with Crippen LogP contribution in [0.15, 0.2) is 23.1 Å². The summed E-state index contributed by atoms with van der Waals surface area (Å²) in [7, 11) is 1.62. The molecule has 0 spiro atoms. The lowest BCUT2D eigenvalue weighted by atomic mass is 9.79. The molecule has 0 aliphatic carbocycles. The van der Waals surface area contributed by atoms with Gasteiger partial charge in [-0.3, -0.25) is 9.59 Å². The predicted molar refractivity (Wildman–Crippen MR) is 78.7 cm³/mol. The Morgan fingerprint density at radius 1 is 1.35 bits per heavy atom. The number of aryl methyl sites for hydroxylation is 1. The minimum absolute atomic E-state index is 0.0644. The number of pyridine rings is 1. The standard InChI is InChI=1S/C15H24N2O3/c1-4-15(5-2,8-9-18)11-16-14(20)12-6-7-13(19)17(3)10-12/h6-7,10,18H,4-5,8-9,11H2,1-3H3,(H,16,20). The van der Waals surface area contributed by atoms with Crippen molar-refractivity contribution in [2.45, 2.75) is 33.1 Å². The monoisotopic (exact) mass is 280 g/mol. The third-order valence-corrected chi connectivity index (χ3v) is 4.11. The number of nitrogens with one attached hydrogen (secondary N) is 1. The van der Waals surface area contributed by atoms with Gasteiger partial charge in [0.1, 0.15) is 0 Å². The Morgan fingerprint density at radius 2 is 2.00 bits per heavy atom. The van der Waals surface area contributed by atoms with E-state index in [0.29, 0.717) is 18.5 Å². The van der Waals surface area contributed by atoms with Gasteiger partial charge in [-0.25, -0.2) is 0 Å². The maximum atomic E-state index is 12.1. The summed E-state index contributed by atoms with van der Waals surface area (Å²) in [6.07, 6.45) is 4.01. The summed E-state index contributed by atoms with van der Waals surface area (Å²) in [5.41, 5.74) is 0.265. The average molecular weight is 280 g/mol. The van der Waals surface area contributed by atoms with Gasteiger partial charge in [0.05, 0.1) is 5.56 Å². The number of rotatable bonds is 7.